The zero-order valence-electron chi connectivity index (χ0n) is 9.12. The molecule has 0 unspecified atom stereocenters. The minimum Gasteiger partial charge on any atom is -0.377 e. The number of nitrogens with one attached hydrogen (secondary N) is 2. The fourth-order valence-electron chi connectivity index (χ4n) is 1.39. The van der Waals surface area contributed by atoms with Gasteiger partial charge in [-0.25, -0.2) is 4.98 Å². The van der Waals surface area contributed by atoms with Gasteiger partial charge in [-0.3, -0.25) is 15.2 Å². The SMILES string of the molecule is N#Cc1cc([N+](=O)[O-])ccc1NCc1ncn[nH]1. The van der Waals surface area contributed by atoms with Crippen LogP contribution in [0.1, 0.15) is 11.4 Å². The van der Waals surface area contributed by atoms with Gasteiger partial charge in [0.2, 0.25) is 0 Å². The molecule has 1 heterocycles. The van der Waals surface area contributed by atoms with E-state index in [1.807, 2.05) is 6.07 Å². The van der Waals surface area contributed by atoms with E-state index in [2.05, 4.69) is 20.5 Å². The summed E-state index contributed by atoms with van der Waals surface area (Å²) < 4.78 is 0. The number of hydrogen-bond donors (Lipinski definition) is 2. The quantitative estimate of drug-likeness (QED) is 0.615. The van der Waals surface area contributed by atoms with Gasteiger partial charge in [-0.1, -0.05) is 0 Å². The van der Waals surface area contributed by atoms with Crippen LogP contribution < -0.4 is 5.32 Å². The summed E-state index contributed by atoms with van der Waals surface area (Å²) in [6.45, 7) is 0.354. The van der Waals surface area contributed by atoms with Gasteiger partial charge in [0.1, 0.15) is 18.2 Å². The highest BCUT2D eigenvalue weighted by Gasteiger charge is 2.10. The van der Waals surface area contributed by atoms with Crippen LogP contribution in [0.3, 0.4) is 0 Å². The standard InChI is InChI=1S/C10H8N6O2/c11-4-7-3-8(16(17)18)1-2-9(7)12-5-10-13-6-14-15-10/h1-3,6,12H,5H2,(H,13,14,15). The second-order valence-corrected chi connectivity index (χ2v) is 3.38. The Morgan fingerprint density at radius 1 is 1.56 bits per heavy atom. The van der Waals surface area contributed by atoms with Gasteiger partial charge in [0.05, 0.1) is 22.7 Å². The third-order valence-corrected chi connectivity index (χ3v) is 2.25. The summed E-state index contributed by atoms with van der Waals surface area (Å²) in [6.07, 6.45) is 1.37. The van der Waals surface area contributed by atoms with Crippen LogP contribution >= 0.6 is 0 Å². The minimum absolute atomic E-state index is 0.114. The van der Waals surface area contributed by atoms with Crippen molar-refractivity contribution >= 4 is 11.4 Å². The number of anilines is 1. The Hall–Kier alpha value is -2.95. The second kappa shape index (κ2) is 4.92. The van der Waals surface area contributed by atoms with Crippen molar-refractivity contribution < 1.29 is 4.92 Å². The van der Waals surface area contributed by atoms with E-state index in [0.29, 0.717) is 18.1 Å². The second-order valence-electron chi connectivity index (χ2n) is 3.38. The normalized spacial score (nSPS) is 9.72. The van der Waals surface area contributed by atoms with Gasteiger partial charge < -0.3 is 5.32 Å². The Bertz CT molecular complexity index is 601. The van der Waals surface area contributed by atoms with Crippen molar-refractivity contribution in [2.24, 2.45) is 0 Å². The van der Waals surface area contributed by atoms with Gasteiger partial charge in [0.15, 0.2) is 0 Å². The van der Waals surface area contributed by atoms with Crippen molar-refractivity contribution in [2.45, 2.75) is 6.54 Å². The third-order valence-electron chi connectivity index (χ3n) is 2.25. The fourth-order valence-corrected chi connectivity index (χ4v) is 1.39. The molecule has 90 valence electrons. The van der Waals surface area contributed by atoms with Crippen LogP contribution in [0.4, 0.5) is 11.4 Å². The molecule has 1 aromatic carbocycles. The molecule has 1 aromatic heterocycles. The number of non-ortho nitro benzene ring substituents is 1. The van der Waals surface area contributed by atoms with Crippen LogP contribution in [0.25, 0.3) is 0 Å². The highest BCUT2D eigenvalue weighted by atomic mass is 16.6. The first kappa shape index (κ1) is 11.5. The van der Waals surface area contributed by atoms with Gasteiger partial charge in [-0.2, -0.15) is 10.4 Å². The summed E-state index contributed by atoms with van der Waals surface area (Å²) >= 11 is 0. The first-order chi connectivity index (χ1) is 8.70. The van der Waals surface area contributed by atoms with Crippen molar-refractivity contribution in [3.63, 3.8) is 0 Å². The molecule has 0 aliphatic rings. The monoisotopic (exact) mass is 244 g/mol. The molecule has 0 saturated heterocycles. The van der Waals surface area contributed by atoms with Crippen molar-refractivity contribution in [2.75, 3.05) is 5.32 Å². The first-order valence-electron chi connectivity index (χ1n) is 4.97. The van der Waals surface area contributed by atoms with Gasteiger partial charge in [-0.15, -0.1) is 0 Å². The van der Waals surface area contributed by atoms with E-state index >= 15 is 0 Å². The van der Waals surface area contributed by atoms with Crippen molar-refractivity contribution in [3.8, 4) is 6.07 Å². The van der Waals surface area contributed by atoms with Gasteiger partial charge in [0, 0.05) is 12.1 Å². The van der Waals surface area contributed by atoms with Crippen LogP contribution in [-0.4, -0.2) is 20.1 Å². The number of aromatic amines is 1. The highest BCUT2D eigenvalue weighted by Crippen LogP contribution is 2.21. The zero-order chi connectivity index (χ0) is 13.0. The van der Waals surface area contributed by atoms with Gasteiger partial charge >= 0.3 is 0 Å². The van der Waals surface area contributed by atoms with Crippen molar-refractivity contribution in [3.05, 3.63) is 46.0 Å². The van der Waals surface area contributed by atoms with Crippen LogP contribution in [0.5, 0.6) is 0 Å². The molecule has 2 rings (SSSR count). The summed E-state index contributed by atoms with van der Waals surface area (Å²) in [6, 6.07) is 5.96. The van der Waals surface area contributed by atoms with Gasteiger partial charge in [-0.05, 0) is 6.07 Å². The molecule has 2 aromatic rings. The molecule has 0 radical (unpaired) electrons. The molecule has 8 nitrogen and oxygen atoms in total. The number of nitro benzene ring substituents is 1. The predicted molar refractivity (Wildman–Crippen MR) is 61.5 cm³/mol. The Labute approximate surface area is 101 Å². The maximum atomic E-state index is 10.6. The van der Waals surface area contributed by atoms with Crippen LogP contribution in [0, 0.1) is 21.4 Å². The van der Waals surface area contributed by atoms with E-state index in [4.69, 9.17) is 5.26 Å². The number of rotatable bonds is 4. The molecular formula is C10H8N6O2. The molecule has 18 heavy (non-hydrogen) atoms. The maximum absolute atomic E-state index is 10.6. The highest BCUT2D eigenvalue weighted by molar-refractivity contribution is 5.61. The number of H-pyrrole nitrogens is 1. The summed E-state index contributed by atoms with van der Waals surface area (Å²) in [4.78, 5) is 13.9. The molecule has 0 bridgehead atoms. The molecule has 8 heteroatoms. The molecular weight excluding hydrogens is 236 g/mol. The summed E-state index contributed by atoms with van der Waals surface area (Å²) in [7, 11) is 0. The third kappa shape index (κ3) is 2.41. The van der Waals surface area contributed by atoms with Crippen LogP contribution in [0.2, 0.25) is 0 Å². The molecule has 0 amide bonds. The minimum atomic E-state index is -0.541. The number of aromatic nitrogens is 3. The lowest BCUT2D eigenvalue weighted by Crippen LogP contribution is -2.03. The lowest BCUT2D eigenvalue weighted by molar-refractivity contribution is -0.384. The Morgan fingerprint density at radius 3 is 3.00 bits per heavy atom. The van der Waals surface area contributed by atoms with E-state index in [1.54, 1.807) is 0 Å². The molecule has 2 N–H and O–H groups in total. The number of nitro groups is 1. The number of hydrogen-bond acceptors (Lipinski definition) is 6. The van der Waals surface area contributed by atoms with Crippen LogP contribution in [-0.2, 0) is 6.54 Å². The van der Waals surface area contributed by atoms with E-state index in [9.17, 15) is 10.1 Å². The molecule has 0 fully saturated rings. The van der Waals surface area contributed by atoms with Crippen molar-refractivity contribution in [1.82, 2.24) is 15.2 Å². The maximum Gasteiger partial charge on any atom is 0.270 e. The summed E-state index contributed by atoms with van der Waals surface area (Å²) in [5, 5.41) is 28.8. The Morgan fingerprint density at radius 2 is 2.39 bits per heavy atom. The topological polar surface area (TPSA) is 121 Å². The van der Waals surface area contributed by atoms with E-state index < -0.39 is 4.92 Å². The number of nitriles is 1. The van der Waals surface area contributed by atoms with E-state index in [1.165, 1.54) is 24.5 Å². The van der Waals surface area contributed by atoms with Crippen molar-refractivity contribution in [1.29, 1.82) is 5.26 Å². The average molecular weight is 244 g/mol. The first-order valence-corrected chi connectivity index (χ1v) is 4.97. The largest absolute Gasteiger partial charge is 0.377 e. The fraction of sp³-hybridized carbons (Fsp3) is 0.100. The molecule has 0 atom stereocenters. The molecule has 0 spiro atoms. The van der Waals surface area contributed by atoms with E-state index in [-0.39, 0.29) is 11.3 Å². The smallest absolute Gasteiger partial charge is 0.270 e. The number of benzene rings is 1. The summed E-state index contributed by atoms with van der Waals surface area (Å²) in [5.41, 5.74) is 0.611. The molecule has 0 aliphatic heterocycles. The Balaban J connectivity index is 2.18. The Kier molecular flexibility index (Phi) is 3.15. The molecule has 0 aliphatic carbocycles. The lowest BCUT2D eigenvalue weighted by Gasteiger charge is -2.05. The zero-order valence-corrected chi connectivity index (χ0v) is 9.12. The lowest BCUT2D eigenvalue weighted by atomic mass is 10.1. The predicted octanol–water partition coefficient (Wildman–Crippen LogP) is 1.20. The average Bonchev–Trinajstić information content (AvgIpc) is 2.89. The summed E-state index contributed by atoms with van der Waals surface area (Å²) in [5.74, 6) is 0.609. The van der Waals surface area contributed by atoms with Gasteiger partial charge in [0.25, 0.3) is 5.69 Å². The molecule has 0 saturated carbocycles. The number of nitrogens with zero attached hydrogens (tertiary/aromatic N) is 4. The van der Waals surface area contributed by atoms with E-state index in [0.717, 1.165) is 0 Å². The van der Waals surface area contributed by atoms with Crippen LogP contribution in [0.15, 0.2) is 24.5 Å².